The van der Waals surface area contributed by atoms with Gasteiger partial charge in [0.05, 0.1) is 6.54 Å². The molecular weight excluding hydrogens is 271 g/mol. The molecule has 0 spiro atoms. The first-order valence-electron chi connectivity index (χ1n) is 6.73. The number of rotatable bonds is 5. The molecule has 1 unspecified atom stereocenters. The van der Waals surface area contributed by atoms with Gasteiger partial charge in [-0.1, -0.05) is 0 Å². The van der Waals surface area contributed by atoms with Gasteiger partial charge >= 0.3 is 6.18 Å². The third kappa shape index (κ3) is 3.49. The molecule has 8 heteroatoms. The molecule has 0 aliphatic carbocycles. The SMILES string of the molecule is CC(CN)(CCCC(F)(F)F)N1CCn2cnnc2C1. The summed E-state index contributed by atoms with van der Waals surface area (Å²) in [6.07, 6.45) is -2.65. The van der Waals surface area contributed by atoms with Gasteiger partial charge in [-0.25, -0.2) is 0 Å². The van der Waals surface area contributed by atoms with Crippen LogP contribution in [0.5, 0.6) is 0 Å². The zero-order chi connectivity index (χ0) is 14.8. The van der Waals surface area contributed by atoms with E-state index in [4.69, 9.17) is 5.73 Å². The Bertz CT molecular complexity index is 445. The van der Waals surface area contributed by atoms with Gasteiger partial charge in [0.25, 0.3) is 0 Å². The summed E-state index contributed by atoms with van der Waals surface area (Å²) >= 11 is 0. The summed E-state index contributed by atoms with van der Waals surface area (Å²) in [6.45, 7) is 4.34. The van der Waals surface area contributed by atoms with Crippen LogP contribution < -0.4 is 5.73 Å². The maximum absolute atomic E-state index is 12.3. The van der Waals surface area contributed by atoms with Gasteiger partial charge in [-0.2, -0.15) is 13.2 Å². The predicted octanol–water partition coefficient (Wildman–Crippen LogP) is 1.54. The number of hydrogen-bond acceptors (Lipinski definition) is 4. The van der Waals surface area contributed by atoms with E-state index in [9.17, 15) is 13.2 Å². The lowest BCUT2D eigenvalue weighted by Crippen LogP contribution is -2.54. The van der Waals surface area contributed by atoms with Crippen molar-refractivity contribution in [3.8, 4) is 0 Å². The largest absolute Gasteiger partial charge is 0.389 e. The Hall–Kier alpha value is -1.15. The van der Waals surface area contributed by atoms with E-state index in [1.165, 1.54) is 0 Å². The van der Waals surface area contributed by atoms with E-state index in [1.54, 1.807) is 6.33 Å². The van der Waals surface area contributed by atoms with Crippen molar-refractivity contribution in [1.82, 2.24) is 19.7 Å². The second-order valence-corrected chi connectivity index (χ2v) is 5.53. The molecule has 0 fully saturated rings. The molecule has 0 saturated carbocycles. The molecule has 1 aromatic rings. The van der Waals surface area contributed by atoms with Crippen LogP contribution in [0.4, 0.5) is 13.2 Å². The molecule has 20 heavy (non-hydrogen) atoms. The summed E-state index contributed by atoms with van der Waals surface area (Å²) in [5.74, 6) is 0.840. The normalized spacial score (nSPS) is 19.6. The van der Waals surface area contributed by atoms with Crippen LogP contribution in [-0.4, -0.2) is 44.5 Å². The van der Waals surface area contributed by atoms with Crippen molar-refractivity contribution in [2.75, 3.05) is 13.1 Å². The van der Waals surface area contributed by atoms with Gasteiger partial charge in [0.2, 0.25) is 0 Å². The Labute approximate surface area is 115 Å². The standard InChI is InChI=1S/C12H20F3N5/c1-11(8-16,3-2-4-12(13,14)15)20-6-5-19-9-17-18-10(19)7-20/h9H,2-8,16H2,1H3. The second kappa shape index (κ2) is 5.69. The van der Waals surface area contributed by atoms with Crippen molar-refractivity contribution in [3.05, 3.63) is 12.2 Å². The fourth-order valence-corrected chi connectivity index (χ4v) is 2.59. The minimum absolute atomic E-state index is 0.0976. The van der Waals surface area contributed by atoms with E-state index in [2.05, 4.69) is 15.1 Å². The quantitative estimate of drug-likeness (QED) is 0.894. The van der Waals surface area contributed by atoms with Gasteiger partial charge in [-0.15, -0.1) is 10.2 Å². The summed E-state index contributed by atoms with van der Waals surface area (Å²) in [5, 5.41) is 7.87. The van der Waals surface area contributed by atoms with Crippen LogP contribution in [0.25, 0.3) is 0 Å². The molecule has 0 saturated heterocycles. The third-order valence-corrected chi connectivity index (χ3v) is 4.02. The number of halogens is 3. The monoisotopic (exact) mass is 291 g/mol. The second-order valence-electron chi connectivity index (χ2n) is 5.53. The van der Waals surface area contributed by atoms with Crippen molar-refractivity contribution < 1.29 is 13.2 Å². The molecule has 2 heterocycles. The molecule has 1 atom stereocenters. The first-order chi connectivity index (χ1) is 9.34. The molecule has 5 nitrogen and oxygen atoms in total. The maximum atomic E-state index is 12.3. The molecule has 0 bridgehead atoms. The minimum atomic E-state index is -4.10. The summed E-state index contributed by atoms with van der Waals surface area (Å²) < 4.78 is 38.8. The number of nitrogens with two attached hydrogens (primary N) is 1. The summed E-state index contributed by atoms with van der Waals surface area (Å²) in [4.78, 5) is 2.12. The fraction of sp³-hybridized carbons (Fsp3) is 0.833. The zero-order valence-electron chi connectivity index (χ0n) is 11.5. The molecule has 0 radical (unpaired) electrons. The van der Waals surface area contributed by atoms with Crippen LogP contribution in [0, 0.1) is 0 Å². The Morgan fingerprint density at radius 1 is 1.30 bits per heavy atom. The molecule has 2 N–H and O–H groups in total. The van der Waals surface area contributed by atoms with Crippen LogP contribution in [0.2, 0.25) is 0 Å². The fourth-order valence-electron chi connectivity index (χ4n) is 2.59. The highest BCUT2D eigenvalue weighted by Crippen LogP contribution is 2.29. The molecule has 0 aromatic carbocycles. The van der Waals surface area contributed by atoms with E-state index in [0.717, 1.165) is 18.9 Å². The number of nitrogens with zero attached hydrogens (tertiary/aromatic N) is 4. The lowest BCUT2D eigenvalue weighted by molar-refractivity contribution is -0.137. The number of hydrogen-bond donors (Lipinski definition) is 1. The van der Waals surface area contributed by atoms with Crippen molar-refractivity contribution in [1.29, 1.82) is 0 Å². The van der Waals surface area contributed by atoms with Crippen LogP contribution in [-0.2, 0) is 13.1 Å². The molecule has 1 aliphatic rings. The van der Waals surface area contributed by atoms with E-state index < -0.39 is 18.1 Å². The predicted molar refractivity (Wildman–Crippen MR) is 67.8 cm³/mol. The summed E-state index contributed by atoms with van der Waals surface area (Å²) in [6, 6.07) is 0. The van der Waals surface area contributed by atoms with Crippen LogP contribution in [0.15, 0.2) is 6.33 Å². The highest BCUT2D eigenvalue weighted by atomic mass is 19.4. The van der Waals surface area contributed by atoms with Crippen LogP contribution >= 0.6 is 0 Å². The van der Waals surface area contributed by atoms with Gasteiger partial charge < -0.3 is 10.3 Å². The topological polar surface area (TPSA) is 60.0 Å². The van der Waals surface area contributed by atoms with Gasteiger partial charge in [0, 0.05) is 31.6 Å². The summed E-state index contributed by atoms with van der Waals surface area (Å²) in [5.41, 5.74) is 5.39. The Morgan fingerprint density at radius 2 is 2.05 bits per heavy atom. The van der Waals surface area contributed by atoms with Crippen molar-refractivity contribution in [2.45, 2.75) is 51.0 Å². The van der Waals surface area contributed by atoms with Crippen molar-refractivity contribution in [2.24, 2.45) is 5.73 Å². The molecule has 1 aliphatic heterocycles. The zero-order valence-corrected chi connectivity index (χ0v) is 11.5. The molecular formula is C12H20F3N5. The number of aromatic nitrogens is 3. The average Bonchev–Trinajstić information content (AvgIpc) is 2.84. The van der Waals surface area contributed by atoms with Crippen molar-refractivity contribution >= 4 is 0 Å². The van der Waals surface area contributed by atoms with Crippen molar-refractivity contribution in [3.63, 3.8) is 0 Å². The lowest BCUT2D eigenvalue weighted by atomic mass is 9.92. The number of fused-ring (bicyclic) bond motifs is 1. The van der Waals surface area contributed by atoms with Gasteiger partial charge in [0.15, 0.2) is 0 Å². The lowest BCUT2D eigenvalue weighted by Gasteiger charge is -2.42. The average molecular weight is 291 g/mol. The highest BCUT2D eigenvalue weighted by molar-refractivity contribution is 4.96. The van der Waals surface area contributed by atoms with Crippen LogP contribution in [0.3, 0.4) is 0 Å². The molecule has 114 valence electrons. The first-order valence-corrected chi connectivity index (χ1v) is 6.73. The first kappa shape index (κ1) is 15.2. The summed E-state index contributed by atoms with van der Waals surface area (Å²) in [7, 11) is 0. The van der Waals surface area contributed by atoms with E-state index >= 15 is 0 Å². The van der Waals surface area contributed by atoms with E-state index in [1.807, 2.05) is 11.5 Å². The maximum Gasteiger partial charge on any atom is 0.389 e. The molecule has 0 amide bonds. The van der Waals surface area contributed by atoms with E-state index in [-0.39, 0.29) is 6.42 Å². The Balaban J connectivity index is 1.97. The Morgan fingerprint density at radius 3 is 2.70 bits per heavy atom. The minimum Gasteiger partial charge on any atom is -0.329 e. The third-order valence-electron chi connectivity index (χ3n) is 4.02. The van der Waals surface area contributed by atoms with Gasteiger partial charge in [-0.3, -0.25) is 4.90 Å². The molecule has 1 aromatic heterocycles. The van der Waals surface area contributed by atoms with Crippen LogP contribution in [0.1, 0.15) is 32.0 Å². The Kier molecular flexibility index (Phi) is 4.33. The molecule has 2 rings (SSSR count). The van der Waals surface area contributed by atoms with Gasteiger partial charge in [0.1, 0.15) is 12.2 Å². The number of alkyl halides is 3. The smallest absolute Gasteiger partial charge is 0.329 e. The van der Waals surface area contributed by atoms with E-state index in [0.29, 0.717) is 19.5 Å². The van der Waals surface area contributed by atoms with Gasteiger partial charge in [-0.05, 0) is 19.8 Å². The highest BCUT2D eigenvalue weighted by Gasteiger charge is 2.35.